The van der Waals surface area contributed by atoms with E-state index < -0.39 is 5.97 Å². The summed E-state index contributed by atoms with van der Waals surface area (Å²) >= 11 is 0. The zero-order chi connectivity index (χ0) is 14.7. The number of esters is 1. The number of aryl methyl sites for hydroxylation is 1. The maximum absolute atomic E-state index is 12.1. The van der Waals surface area contributed by atoms with Crippen LogP contribution in [-0.2, 0) is 16.6 Å². The summed E-state index contributed by atoms with van der Waals surface area (Å²) in [5.74, 6) is 0.360. The smallest absolute Gasteiger partial charge is 0.341 e. The fraction of sp³-hybridized carbons (Fsp3) is 0.643. The number of rotatable bonds is 3. The Kier molecular flexibility index (Phi) is 4.42. The second-order valence-electron chi connectivity index (χ2n) is 5.72. The van der Waals surface area contributed by atoms with Gasteiger partial charge in [-0.3, -0.25) is 9.48 Å². The summed E-state index contributed by atoms with van der Waals surface area (Å²) < 4.78 is 6.56. The molecule has 0 radical (unpaired) electrons. The van der Waals surface area contributed by atoms with Gasteiger partial charge < -0.3 is 9.64 Å². The molecule has 0 bridgehead atoms. The molecule has 2 rings (SSSR count). The van der Waals surface area contributed by atoms with Crippen LogP contribution >= 0.6 is 0 Å². The van der Waals surface area contributed by atoms with Crippen molar-refractivity contribution >= 4 is 11.9 Å². The van der Waals surface area contributed by atoms with Gasteiger partial charge in [-0.05, 0) is 18.3 Å². The van der Waals surface area contributed by atoms with Gasteiger partial charge in [-0.25, -0.2) is 4.79 Å². The van der Waals surface area contributed by atoms with Gasteiger partial charge in [0.15, 0.2) is 6.61 Å². The van der Waals surface area contributed by atoms with E-state index in [0.717, 1.165) is 19.5 Å². The molecule has 0 N–H and O–H groups in total. The monoisotopic (exact) mass is 279 g/mol. The van der Waals surface area contributed by atoms with Crippen molar-refractivity contribution in [2.24, 2.45) is 18.9 Å². The molecule has 1 saturated heterocycles. The summed E-state index contributed by atoms with van der Waals surface area (Å²) in [7, 11) is 1.72. The van der Waals surface area contributed by atoms with Gasteiger partial charge >= 0.3 is 5.97 Å². The minimum atomic E-state index is -0.510. The molecule has 1 aromatic heterocycles. The second-order valence-corrected chi connectivity index (χ2v) is 5.72. The SMILES string of the molecule is CC1CC(C)CN(C(=O)COC(=O)c2cnn(C)c2)C1. The highest BCUT2D eigenvalue weighted by Gasteiger charge is 2.26. The molecule has 110 valence electrons. The van der Waals surface area contributed by atoms with E-state index in [9.17, 15) is 9.59 Å². The fourth-order valence-electron chi connectivity index (χ4n) is 2.70. The highest BCUT2D eigenvalue weighted by molar-refractivity contribution is 5.90. The van der Waals surface area contributed by atoms with Crippen LogP contribution < -0.4 is 0 Å². The molecule has 20 heavy (non-hydrogen) atoms. The average molecular weight is 279 g/mol. The van der Waals surface area contributed by atoms with Gasteiger partial charge in [0.25, 0.3) is 5.91 Å². The third-order valence-corrected chi connectivity index (χ3v) is 3.49. The van der Waals surface area contributed by atoms with Gasteiger partial charge in [-0.15, -0.1) is 0 Å². The molecule has 1 amide bonds. The molecule has 0 saturated carbocycles. The Balaban J connectivity index is 1.84. The standard InChI is InChI=1S/C14H21N3O3/c1-10-4-11(2)7-17(6-10)13(18)9-20-14(19)12-5-15-16(3)8-12/h5,8,10-11H,4,6-7,9H2,1-3H3. The van der Waals surface area contributed by atoms with Crippen molar-refractivity contribution in [3.8, 4) is 0 Å². The van der Waals surface area contributed by atoms with Crippen LogP contribution in [-0.4, -0.2) is 46.3 Å². The summed E-state index contributed by atoms with van der Waals surface area (Å²) in [6.45, 7) is 5.56. The number of ether oxygens (including phenoxy) is 1. The first kappa shape index (κ1) is 14.6. The molecule has 0 aliphatic carbocycles. The van der Waals surface area contributed by atoms with Gasteiger partial charge in [0.05, 0.1) is 11.8 Å². The number of aromatic nitrogens is 2. The number of amides is 1. The lowest BCUT2D eigenvalue weighted by atomic mass is 9.92. The highest BCUT2D eigenvalue weighted by atomic mass is 16.5. The molecule has 1 aromatic rings. The van der Waals surface area contributed by atoms with Gasteiger partial charge in [0, 0.05) is 26.3 Å². The lowest BCUT2D eigenvalue weighted by Crippen LogP contribution is -2.44. The van der Waals surface area contributed by atoms with Crippen molar-refractivity contribution in [1.29, 1.82) is 0 Å². The van der Waals surface area contributed by atoms with E-state index in [2.05, 4.69) is 18.9 Å². The average Bonchev–Trinajstić information content (AvgIpc) is 2.81. The Hall–Kier alpha value is -1.85. The molecule has 0 aromatic carbocycles. The Labute approximate surface area is 118 Å². The molecule has 1 aliphatic heterocycles. The Bertz CT molecular complexity index is 488. The zero-order valence-electron chi connectivity index (χ0n) is 12.2. The zero-order valence-corrected chi connectivity index (χ0v) is 12.2. The summed E-state index contributed by atoms with van der Waals surface area (Å²) in [5, 5.41) is 3.90. The summed E-state index contributed by atoms with van der Waals surface area (Å²) in [6.07, 6.45) is 4.13. The van der Waals surface area contributed by atoms with Gasteiger partial charge in [0.1, 0.15) is 0 Å². The van der Waals surface area contributed by atoms with Gasteiger partial charge in [-0.2, -0.15) is 5.10 Å². The number of piperidine rings is 1. The maximum Gasteiger partial charge on any atom is 0.341 e. The molecular formula is C14H21N3O3. The predicted octanol–water partition coefficient (Wildman–Crippen LogP) is 1.08. The van der Waals surface area contributed by atoms with Crippen LogP contribution in [0.25, 0.3) is 0 Å². The van der Waals surface area contributed by atoms with E-state index >= 15 is 0 Å². The third kappa shape index (κ3) is 3.59. The fourth-order valence-corrected chi connectivity index (χ4v) is 2.70. The van der Waals surface area contributed by atoms with E-state index in [1.165, 1.54) is 10.9 Å². The van der Waals surface area contributed by atoms with E-state index in [4.69, 9.17) is 4.74 Å². The molecule has 2 heterocycles. The summed E-state index contributed by atoms with van der Waals surface area (Å²) in [6, 6.07) is 0. The van der Waals surface area contributed by atoms with Crippen molar-refractivity contribution in [2.45, 2.75) is 20.3 Å². The van der Waals surface area contributed by atoms with Gasteiger partial charge in [-0.1, -0.05) is 13.8 Å². The first-order chi connectivity index (χ1) is 9.45. The normalized spacial score (nSPS) is 22.6. The van der Waals surface area contributed by atoms with Crippen LogP contribution in [0.15, 0.2) is 12.4 Å². The summed E-state index contributed by atoms with van der Waals surface area (Å²) in [4.78, 5) is 25.6. The lowest BCUT2D eigenvalue weighted by molar-refractivity contribution is -0.137. The van der Waals surface area contributed by atoms with E-state index in [0.29, 0.717) is 17.4 Å². The molecule has 0 spiro atoms. The number of hydrogen-bond donors (Lipinski definition) is 0. The van der Waals surface area contributed by atoms with Crippen LogP contribution in [0.4, 0.5) is 0 Å². The molecule has 6 nitrogen and oxygen atoms in total. The Morgan fingerprint density at radius 2 is 2.00 bits per heavy atom. The number of carbonyl (C=O) groups is 2. The van der Waals surface area contributed by atoms with Crippen LogP contribution in [0.2, 0.25) is 0 Å². The van der Waals surface area contributed by atoms with Crippen LogP contribution in [0.3, 0.4) is 0 Å². The van der Waals surface area contributed by atoms with E-state index in [1.54, 1.807) is 18.1 Å². The van der Waals surface area contributed by atoms with E-state index in [-0.39, 0.29) is 12.5 Å². The van der Waals surface area contributed by atoms with Crippen molar-refractivity contribution in [3.05, 3.63) is 18.0 Å². The molecule has 6 heteroatoms. The number of likely N-dealkylation sites (tertiary alicyclic amines) is 1. The summed E-state index contributed by atoms with van der Waals surface area (Å²) in [5.41, 5.74) is 0.362. The molecule has 2 atom stereocenters. The largest absolute Gasteiger partial charge is 0.452 e. The maximum atomic E-state index is 12.1. The van der Waals surface area contributed by atoms with Crippen molar-refractivity contribution in [1.82, 2.24) is 14.7 Å². The lowest BCUT2D eigenvalue weighted by Gasteiger charge is -2.34. The van der Waals surface area contributed by atoms with Crippen LogP contribution in [0.5, 0.6) is 0 Å². The first-order valence-electron chi connectivity index (χ1n) is 6.89. The minimum absolute atomic E-state index is 0.124. The Morgan fingerprint density at radius 1 is 1.35 bits per heavy atom. The molecule has 1 aliphatic rings. The van der Waals surface area contributed by atoms with Crippen molar-refractivity contribution in [3.63, 3.8) is 0 Å². The molecule has 2 unspecified atom stereocenters. The van der Waals surface area contributed by atoms with Crippen molar-refractivity contribution < 1.29 is 14.3 Å². The minimum Gasteiger partial charge on any atom is -0.452 e. The molecule has 1 fully saturated rings. The van der Waals surface area contributed by atoms with Crippen LogP contribution in [0, 0.1) is 11.8 Å². The topological polar surface area (TPSA) is 64.4 Å². The highest BCUT2D eigenvalue weighted by Crippen LogP contribution is 2.20. The first-order valence-corrected chi connectivity index (χ1v) is 6.89. The van der Waals surface area contributed by atoms with Gasteiger partial charge in [0.2, 0.25) is 0 Å². The van der Waals surface area contributed by atoms with E-state index in [1.807, 2.05) is 0 Å². The quantitative estimate of drug-likeness (QED) is 0.777. The third-order valence-electron chi connectivity index (χ3n) is 3.49. The van der Waals surface area contributed by atoms with Crippen molar-refractivity contribution in [2.75, 3.05) is 19.7 Å². The second kappa shape index (κ2) is 6.07. The number of nitrogens with zero attached hydrogens (tertiary/aromatic N) is 3. The predicted molar refractivity (Wildman–Crippen MR) is 73.0 cm³/mol. The number of carbonyl (C=O) groups excluding carboxylic acids is 2. The number of hydrogen-bond acceptors (Lipinski definition) is 4. The Morgan fingerprint density at radius 3 is 2.55 bits per heavy atom. The van der Waals surface area contributed by atoms with Crippen LogP contribution in [0.1, 0.15) is 30.6 Å². The molecular weight excluding hydrogens is 258 g/mol.